The van der Waals surface area contributed by atoms with Gasteiger partial charge in [0.05, 0.1) is 0 Å². The zero-order valence-corrected chi connectivity index (χ0v) is 28.2. The molecule has 0 bridgehead atoms. The van der Waals surface area contributed by atoms with Crippen LogP contribution in [0.3, 0.4) is 0 Å². The van der Waals surface area contributed by atoms with Gasteiger partial charge in [0.25, 0.3) is 0 Å². The molecule has 10 aromatic rings. The summed E-state index contributed by atoms with van der Waals surface area (Å²) in [6.07, 6.45) is 0. The number of nitrogens with zero attached hydrogens (tertiary/aromatic N) is 3. The molecule has 3 nitrogen and oxygen atoms in total. The fourth-order valence-corrected chi connectivity index (χ4v) is 7.43. The van der Waals surface area contributed by atoms with Gasteiger partial charge in [-0.15, -0.1) is 0 Å². The predicted molar refractivity (Wildman–Crippen MR) is 217 cm³/mol. The van der Waals surface area contributed by atoms with Crippen molar-refractivity contribution in [1.29, 1.82) is 0 Å². The molecule has 0 fully saturated rings. The first-order chi connectivity index (χ1) is 25.7. The number of hydrogen-bond donors (Lipinski definition) is 0. The Morgan fingerprint density at radius 1 is 0.212 bits per heavy atom. The fourth-order valence-electron chi connectivity index (χ4n) is 7.43. The van der Waals surface area contributed by atoms with Crippen LogP contribution >= 0.6 is 0 Å². The van der Waals surface area contributed by atoms with Crippen molar-refractivity contribution in [3.05, 3.63) is 188 Å². The summed E-state index contributed by atoms with van der Waals surface area (Å²) in [7, 11) is 0. The van der Waals surface area contributed by atoms with Crippen molar-refractivity contribution in [2.75, 3.05) is 0 Å². The van der Waals surface area contributed by atoms with Gasteiger partial charge in [-0.25, -0.2) is 15.0 Å². The van der Waals surface area contributed by atoms with E-state index in [1.165, 1.54) is 48.8 Å². The standard InChI is InChI=1S/C49H31N3/c1-2-11-36(12-3-1)47-50-48(52-49(51-47)40-27-24-32-10-4-5-13-38(32)30-40)37-25-22-34(23-26-37)33-18-20-35(21-19-33)39-28-29-45-43-16-7-6-14-41(43)42-15-8-9-17-44(42)46(45)31-39/h1-31H. The molecule has 0 N–H and O–H groups in total. The molecule has 0 radical (unpaired) electrons. The van der Waals surface area contributed by atoms with Gasteiger partial charge >= 0.3 is 0 Å². The number of hydrogen-bond acceptors (Lipinski definition) is 3. The smallest absolute Gasteiger partial charge is 0.164 e. The maximum Gasteiger partial charge on any atom is 0.164 e. The summed E-state index contributed by atoms with van der Waals surface area (Å²) in [5.41, 5.74) is 7.56. The Hall–Kier alpha value is -6.97. The van der Waals surface area contributed by atoms with Gasteiger partial charge in [0.15, 0.2) is 17.5 Å². The molecule has 10 rings (SSSR count). The first kappa shape index (κ1) is 29.9. The minimum atomic E-state index is 0.649. The van der Waals surface area contributed by atoms with E-state index < -0.39 is 0 Å². The van der Waals surface area contributed by atoms with E-state index in [1.54, 1.807) is 0 Å². The summed E-state index contributed by atoms with van der Waals surface area (Å²) < 4.78 is 0. The van der Waals surface area contributed by atoms with Gasteiger partial charge in [0.1, 0.15) is 0 Å². The minimum Gasteiger partial charge on any atom is -0.208 e. The quantitative estimate of drug-likeness (QED) is 0.172. The van der Waals surface area contributed by atoms with Gasteiger partial charge in [-0.3, -0.25) is 0 Å². The second-order valence-corrected chi connectivity index (χ2v) is 13.2. The van der Waals surface area contributed by atoms with Crippen LogP contribution in [0.1, 0.15) is 0 Å². The van der Waals surface area contributed by atoms with Crippen molar-refractivity contribution in [2.24, 2.45) is 0 Å². The second kappa shape index (κ2) is 12.4. The molecule has 0 unspecified atom stereocenters. The largest absolute Gasteiger partial charge is 0.208 e. The lowest BCUT2D eigenvalue weighted by atomic mass is 9.92. The van der Waals surface area contributed by atoms with E-state index in [2.05, 4.69) is 158 Å². The maximum absolute atomic E-state index is 4.99. The van der Waals surface area contributed by atoms with Gasteiger partial charge in [-0.1, -0.05) is 176 Å². The van der Waals surface area contributed by atoms with Crippen molar-refractivity contribution in [1.82, 2.24) is 15.0 Å². The van der Waals surface area contributed by atoms with Crippen LogP contribution in [0.4, 0.5) is 0 Å². The Labute approximate surface area is 301 Å². The van der Waals surface area contributed by atoms with Gasteiger partial charge in [-0.05, 0) is 77.5 Å². The summed E-state index contributed by atoms with van der Waals surface area (Å²) in [5, 5.41) is 10.1. The topological polar surface area (TPSA) is 38.7 Å². The van der Waals surface area contributed by atoms with Crippen LogP contribution < -0.4 is 0 Å². The van der Waals surface area contributed by atoms with Crippen molar-refractivity contribution in [2.45, 2.75) is 0 Å². The van der Waals surface area contributed by atoms with E-state index in [1.807, 2.05) is 30.3 Å². The normalized spacial score (nSPS) is 11.5. The van der Waals surface area contributed by atoms with Crippen LogP contribution in [-0.4, -0.2) is 15.0 Å². The number of fused-ring (bicyclic) bond motifs is 7. The Morgan fingerprint density at radius 2 is 0.596 bits per heavy atom. The predicted octanol–water partition coefficient (Wildman–Crippen LogP) is 12.8. The molecule has 0 atom stereocenters. The zero-order valence-electron chi connectivity index (χ0n) is 28.2. The molecule has 1 aromatic heterocycles. The van der Waals surface area contributed by atoms with Crippen molar-refractivity contribution < 1.29 is 0 Å². The first-order valence-corrected chi connectivity index (χ1v) is 17.6. The zero-order chi connectivity index (χ0) is 34.4. The lowest BCUT2D eigenvalue weighted by molar-refractivity contribution is 1.07. The number of rotatable bonds is 5. The fraction of sp³-hybridized carbons (Fsp3) is 0. The van der Waals surface area contributed by atoms with Crippen LogP contribution in [0.15, 0.2) is 188 Å². The lowest BCUT2D eigenvalue weighted by Crippen LogP contribution is -2.00. The molecule has 0 aliphatic heterocycles. The highest BCUT2D eigenvalue weighted by atomic mass is 15.0. The van der Waals surface area contributed by atoms with Crippen molar-refractivity contribution in [3.8, 4) is 56.4 Å². The summed E-state index contributed by atoms with van der Waals surface area (Å²) in [6.45, 7) is 0. The summed E-state index contributed by atoms with van der Waals surface area (Å²) in [4.78, 5) is 14.9. The summed E-state index contributed by atoms with van der Waals surface area (Å²) in [6, 6.07) is 66.5. The van der Waals surface area contributed by atoms with Crippen LogP contribution in [0.2, 0.25) is 0 Å². The molecule has 1 heterocycles. The van der Waals surface area contributed by atoms with Crippen LogP contribution in [0.25, 0.3) is 99.5 Å². The highest BCUT2D eigenvalue weighted by molar-refractivity contribution is 6.25. The van der Waals surface area contributed by atoms with E-state index in [0.29, 0.717) is 17.5 Å². The van der Waals surface area contributed by atoms with Crippen molar-refractivity contribution >= 4 is 43.1 Å². The lowest BCUT2D eigenvalue weighted by Gasteiger charge is -2.12. The highest BCUT2D eigenvalue weighted by Crippen LogP contribution is 2.37. The minimum absolute atomic E-state index is 0.649. The number of benzene rings is 9. The average molecular weight is 662 g/mol. The Bertz CT molecular complexity index is 2900. The van der Waals surface area contributed by atoms with Gasteiger partial charge in [0.2, 0.25) is 0 Å². The first-order valence-electron chi connectivity index (χ1n) is 17.6. The Morgan fingerprint density at radius 3 is 1.19 bits per heavy atom. The van der Waals surface area contributed by atoms with Crippen molar-refractivity contribution in [3.63, 3.8) is 0 Å². The second-order valence-electron chi connectivity index (χ2n) is 13.2. The third-order valence-electron chi connectivity index (χ3n) is 10.1. The van der Waals surface area contributed by atoms with Gasteiger partial charge < -0.3 is 0 Å². The van der Waals surface area contributed by atoms with Gasteiger partial charge in [-0.2, -0.15) is 0 Å². The highest BCUT2D eigenvalue weighted by Gasteiger charge is 2.14. The third kappa shape index (κ3) is 5.28. The van der Waals surface area contributed by atoms with E-state index in [4.69, 9.17) is 15.0 Å². The van der Waals surface area contributed by atoms with E-state index in [-0.39, 0.29) is 0 Å². The Balaban J connectivity index is 0.986. The van der Waals surface area contributed by atoms with E-state index in [9.17, 15) is 0 Å². The molecule has 0 saturated heterocycles. The maximum atomic E-state index is 4.99. The third-order valence-corrected chi connectivity index (χ3v) is 10.1. The molecule has 0 aliphatic carbocycles. The van der Waals surface area contributed by atoms with Crippen LogP contribution in [0.5, 0.6) is 0 Å². The molecule has 0 aliphatic rings. The van der Waals surface area contributed by atoms with Crippen LogP contribution in [0, 0.1) is 0 Å². The van der Waals surface area contributed by atoms with Gasteiger partial charge in [0, 0.05) is 16.7 Å². The molecule has 0 saturated carbocycles. The Kier molecular flexibility index (Phi) is 7.14. The monoisotopic (exact) mass is 661 g/mol. The molecule has 0 amide bonds. The SMILES string of the molecule is c1ccc(-c2nc(-c3ccc(-c4ccc(-c5ccc6c7ccccc7c7ccccc7c6c5)cc4)cc3)nc(-c3ccc4ccccc4c3)n2)cc1. The molecular weight excluding hydrogens is 631 g/mol. The average Bonchev–Trinajstić information content (AvgIpc) is 3.24. The van der Waals surface area contributed by atoms with E-state index in [0.717, 1.165) is 33.2 Å². The molecule has 3 heteroatoms. The van der Waals surface area contributed by atoms with Crippen LogP contribution in [-0.2, 0) is 0 Å². The van der Waals surface area contributed by atoms with E-state index >= 15 is 0 Å². The molecule has 0 spiro atoms. The molecule has 9 aromatic carbocycles. The summed E-state index contributed by atoms with van der Waals surface area (Å²) in [5.74, 6) is 1.96. The summed E-state index contributed by atoms with van der Waals surface area (Å²) >= 11 is 0. The molecular formula is C49H31N3. The molecule has 242 valence electrons. The molecule has 52 heavy (non-hydrogen) atoms. The number of aromatic nitrogens is 3.